The number of rotatable bonds is 0. The van der Waals surface area contributed by atoms with Crippen LogP contribution in [0.3, 0.4) is 0 Å². The molecule has 0 heteroatoms. The summed E-state index contributed by atoms with van der Waals surface area (Å²) in [6.07, 6.45) is 12.4. The van der Waals surface area contributed by atoms with Gasteiger partial charge in [-0.25, -0.2) is 0 Å². The molecule has 0 aromatic rings. The van der Waals surface area contributed by atoms with E-state index in [1.807, 2.05) is 0 Å². The summed E-state index contributed by atoms with van der Waals surface area (Å²) in [6.45, 7) is 2.40. The van der Waals surface area contributed by atoms with Gasteiger partial charge in [-0.2, -0.15) is 0 Å². The lowest BCUT2D eigenvalue weighted by Crippen LogP contribution is -2.04. The molecular weight excluding hydrogens is 132 g/mol. The molecule has 0 spiro atoms. The Kier molecular flexibility index (Phi) is 1.85. The van der Waals surface area contributed by atoms with Gasteiger partial charge in [-0.05, 0) is 37.5 Å². The predicted octanol–water partition coefficient (Wildman–Crippen LogP) is 3.31. The molecule has 1 saturated carbocycles. The van der Waals surface area contributed by atoms with Crippen molar-refractivity contribution in [2.45, 2.75) is 32.6 Å². The van der Waals surface area contributed by atoms with E-state index < -0.39 is 0 Å². The summed E-state index contributed by atoms with van der Waals surface area (Å²) in [5.74, 6) is 1.87. The molecule has 0 aromatic heterocycles. The van der Waals surface area contributed by atoms with Crippen LogP contribution >= 0.6 is 0 Å². The number of fused-ring (bicyclic) bond motifs is 1. The summed E-state index contributed by atoms with van der Waals surface area (Å²) < 4.78 is 0. The van der Waals surface area contributed by atoms with Crippen molar-refractivity contribution >= 4 is 0 Å². The fourth-order valence-electron chi connectivity index (χ4n) is 2.39. The van der Waals surface area contributed by atoms with Gasteiger partial charge in [0.1, 0.15) is 0 Å². The molecule has 60 valence electrons. The van der Waals surface area contributed by atoms with Crippen LogP contribution in [0.15, 0.2) is 23.8 Å². The Morgan fingerprint density at radius 3 is 3.18 bits per heavy atom. The van der Waals surface area contributed by atoms with E-state index in [0.29, 0.717) is 0 Å². The number of hydrogen-bond acceptors (Lipinski definition) is 0. The minimum Gasteiger partial charge on any atom is -0.0845 e. The van der Waals surface area contributed by atoms with Crippen molar-refractivity contribution in [1.29, 1.82) is 0 Å². The molecule has 2 unspecified atom stereocenters. The van der Waals surface area contributed by atoms with Gasteiger partial charge < -0.3 is 0 Å². The van der Waals surface area contributed by atoms with Crippen molar-refractivity contribution in [3.63, 3.8) is 0 Å². The van der Waals surface area contributed by atoms with Gasteiger partial charge in [0.15, 0.2) is 0 Å². The van der Waals surface area contributed by atoms with Gasteiger partial charge in [0.05, 0.1) is 0 Å². The monoisotopic (exact) mass is 148 g/mol. The molecule has 2 aliphatic rings. The lowest BCUT2D eigenvalue weighted by atomic mass is 9.91. The second-order valence-corrected chi connectivity index (χ2v) is 3.87. The first-order valence-corrected chi connectivity index (χ1v) is 4.73. The van der Waals surface area contributed by atoms with E-state index in [9.17, 15) is 0 Å². The maximum atomic E-state index is 2.40. The van der Waals surface area contributed by atoms with Crippen LogP contribution in [0, 0.1) is 11.8 Å². The fraction of sp³-hybridized carbons (Fsp3) is 0.636. The highest BCUT2D eigenvalue weighted by Gasteiger charge is 2.27. The standard InChI is InChI=1S/C11H16/c1-9-7-8-10-5-3-2-4-6-11(9)10/h2-3,5,9,11H,4,6-8H2,1H3. The normalized spacial score (nSPS) is 36.3. The summed E-state index contributed by atoms with van der Waals surface area (Å²) in [5.41, 5.74) is 1.71. The molecule has 0 radical (unpaired) electrons. The maximum Gasteiger partial charge on any atom is -0.0171 e. The van der Waals surface area contributed by atoms with Gasteiger partial charge in [-0.1, -0.05) is 30.7 Å². The molecule has 1 fully saturated rings. The Balaban J connectivity index is 2.19. The molecule has 0 bridgehead atoms. The van der Waals surface area contributed by atoms with Gasteiger partial charge in [0.25, 0.3) is 0 Å². The molecule has 2 aliphatic carbocycles. The zero-order chi connectivity index (χ0) is 7.68. The van der Waals surface area contributed by atoms with Gasteiger partial charge in [0.2, 0.25) is 0 Å². The SMILES string of the molecule is CC1CCC2=CC=CCCC21. The molecule has 0 aromatic carbocycles. The largest absolute Gasteiger partial charge is 0.0845 e. The van der Waals surface area contributed by atoms with Crippen LogP contribution in [0.2, 0.25) is 0 Å². The van der Waals surface area contributed by atoms with E-state index in [1.165, 1.54) is 25.7 Å². The van der Waals surface area contributed by atoms with Crippen molar-refractivity contribution in [1.82, 2.24) is 0 Å². The Morgan fingerprint density at radius 2 is 2.27 bits per heavy atom. The van der Waals surface area contributed by atoms with Crippen LogP contribution in [0.5, 0.6) is 0 Å². The summed E-state index contributed by atoms with van der Waals surface area (Å²) >= 11 is 0. The van der Waals surface area contributed by atoms with Gasteiger partial charge in [-0.3, -0.25) is 0 Å². The lowest BCUT2D eigenvalue weighted by Gasteiger charge is -2.14. The van der Waals surface area contributed by atoms with Crippen LogP contribution in [-0.2, 0) is 0 Å². The third-order valence-electron chi connectivity index (χ3n) is 3.14. The molecule has 2 atom stereocenters. The molecule has 0 nitrogen and oxygen atoms in total. The topological polar surface area (TPSA) is 0 Å². The van der Waals surface area contributed by atoms with E-state index in [4.69, 9.17) is 0 Å². The molecule has 11 heavy (non-hydrogen) atoms. The first kappa shape index (κ1) is 7.15. The minimum atomic E-state index is 0.921. The second-order valence-electron chi connectivity index (χ2n) is 3.87. The average molecular weight is 148 g/mol. The van der Waals surface area contributed by atoms with Gasteiger partial charge >= 0.3 is 0 Å². The smallest absolute Gasteiger partial charge is 0.0171 e. The highest BCUT2D eigenvalue weighted by Crippen LogP contribution is 2.40. The van der Waals surface area contributed by atoms with Crippen molar-refractivity contribution in [2.24, 2.45) is 11.8 Å². The minimum absolute atomic E-state index is 0.921. The van der Waals surface area contributed by atoms with E-state index in [1.54, 1.807) is 5.57 Å². The van der Waals surface area contributed by atoms with Crippen molar-refractivity contribution in [2.75, 3.05) is 0 Å². The highest BCUT2D eigenvalue weighted by atomic mass is 14.3. The summed E-state index contributed by atoms with van der Waals surface area (Å²) in [6, 6.07) is 0. The summed E-state index contributed by atoms with van der Waals surface area (Å²) in [4.78, 5) is 0. The Labute approximate surface area is 69.0 Å². The van der Waals surface area contributed by atoms with Crippen LogP contribution in [0.25, 0.3) is 0 Å². The van der Waals surface area contributed by atoms with Gasteiger partial charge in [-0.15, -0.1) is 0 Å². The van der Waals surface area contributed by atoms with Crippen molar-refractivity contribution in [3.05, 3.63) is 23.8 Å². The number of allylic oxidation sites excluding steroid dienone is 4. The number of hydrogen-bond donors (Lipinski definition) is 0. The Morgan fingerprint density at radius 1 is 1.36 bits per heavy atom. The van der Waals surface area contributed by atoms with E-state index >= 15 is 0 Å². The van der Waals surface area contributed by atoms with Crippen LogP contribution < -0.4 is 0 Å². The van der Waals surface area contributed by atoms with Crippen LogP contribution in [0.4, 0.5) is 0 Å². The molecule has 0 aliphatic heterocycles. The molecule has 2 rings (SSSR count). The van der Waals surface area contributed by atoms with Gasteiger partial charge in [0, 0.05) is 0 Å². The molecular formula is C11H16. The molecule has 0 heterocycles. The molecule has 0 N–H and O–H groups in total. The fourth-order valence-corrected chi connectivity index (χ4v) is 2.39. The second kappa shape index (κ2) is 2.84. The third kappa shape index (κ3) is 1.26. The van der Waals surface area contributed by atoms with E-state index in [2.05, 4.69) is 25.2 Å². The van der Waals surface area contributed by atoms with E-state index in [0.717, 1.165) is 11.8 Å². The van der Waals surface area contributed by atoms with Crippen molar-refractivity contribution < 1.29 is 0 Å². The quantitative estimate of drug-likeness (QED) is 0.494. The Hall–Kier alpha value is -0.520. The molecule has 0 saturated heterocycles. The highest BCUT2D eigenvalue weighted by molar-refractivity contribution is 5.21. The lowest BCUT2D eigenvalue weighted by molar-refractivity contribution is 0.436. The third-order valence-corrected chi connectivity index (χ3v) is 3.14. The zero-order valence-corrected chi connectivity index (χ0v) is 7.22. The molecule has 0 amide bonds. The van der Waals surface area contributed by atoms with E-state index in [-0.39, 0.29) is 0 Å². The predicted molar refractivity (Wildman–Crippen MR) is 48.3 cm³/mol. The van der Waals surface area contributed by atoms with Crippen LogP contribution in [0.1, 0.15) is 32.6 Å². The summed E-state index contributed by atoms with van der Waals surface area (Å²) in [7, 11) is 0. The summed E-state index contributed by atoms with van der Waals surface area (Å²) in [5, 5.41) is 0. The Bertz CT molecular complexity index is 198. The average Bonchev–Trinajstić information content (AvgIpc) is 2.25. The zero-order valence-electron chi connectivity index (χ0n) is 7.22. The first-order chi connectivity index (χ1) is 5.38. The van der Waals surface area contributed by atoms with Crippen molar-refractivity contribution in [3.8, 4) is 0 Å². The van der Waals surface area contributed by atoms with Crippen LogP contribution in [-0.4, -0.2) is 0 Å². The first-order valence-electron chi connectivity index (χ1n) is 4.73. The maximum absolute atomic E-state index is 2.40.